The summed E-state index contributed by atoms with van der Waals surface area (Å²) in [7, 11) is 1.57. The maximum atomic E-state index is 12.5. The van der Waals surface area contributed by atoms with Crippen LogP contribution in [0.5, 0.6) is 5.88 Å². The van der Waals surface area contributed by atoms with Crippen LogP contribution in [0.4, 0.5) is 5.69 Å². The van der Waals surface area contributed by atoms with Crippen molar-refractivity contribution in [3.8, 4) is 17.0 Å². The van der Waals surface area contributed by atoms with Gasteiger partial charge >= 0.3 is 0 Å². The van der Waals surface area contributed by atoms with Crippen molar-refractivity contribution in [3.05, 3.63) is 53.1 Å². The summed E-state index contributed by atoms with van der Waals surface area (Å²) in [4.78, 5) is 33.4. The van der Waals surface area contributed by atoms with E-state index in [9.17, 15) is 9.59 Å². The number of rotatable bonds is 8. The van der Waals surface area contributed by atoms with Crippen molar-refractivity contribution in [1.82, 2.24) is 14.9 Å². The standard InChI is InChI=1S/C22H27N5O3/c1-30-19-10-15(6-8-24-19)16-9-18(22(29)25-11-16)26-21(14-4-5-14)17-12-27(13-17)20(28)3-2-7-23/h2-3,6,8-11,14,17,21,26H,4-5,7,12-13,23H2,1H3,(H,25,29)/b3-2+. The molecular formula is C22H27N5O3. The summed E-state index contributed by atoms with van der Waals surface area (Å²) in [5.41, 5.74) is 7.61. The third-order valence-corrected chi connectivity index (χ3v) is 5.76. The van der Waals surface area contributed by atoms with Crippen LogP contribution in [0.1, 0.15) is 12.8 Å². The lowest BCUT2D eigenvalue weighted by atomic mass is 9.88. The topological polar surface area (TPSA) is 113 Å². The highest BCUT2D eigenvalue weighted by Crippen LogP contribution is 2.40. The Morgan fingerprint density at radius 1 is 1.37 bits per heavy atom. The van der Waals surface area contributed by atoms with Crippen molar-refractivity contribution in [1.29, 1.82) is 0 Å². The molecule has 1 aliphatic carbocycles. The minimum atomic E-state index is -0.149. The summed E-state index contributed by atoms with van der Waals surface area (Å²) in [6, 6.07) is 5.76. The third-order valence-electron chi connectivity index (χ3n) is 5.76. The number of carbonyl (C=O) groups is 1. The lowest BCUT2D eigenvalue weighted by Crippen LogP contribution is -2.56. The summed E-state index contributed by atoms with van der Waals surface area (Å²) >= 11 is 0. The van der Waals surface area contributed by atoms with Crippen molar-refractivity contribution in [2.24, 2.45) is 17.6 Å². The molecular weight excluding hydrogens is 382 g/mol. The number of aromatic amines is 1. The Bertz CT molecular complexity index is 992. The molecule has 1 atom stereocenters. The van der Waals surface area contributed by atoms with Gasteiger partial charge in [-0.15, -0.1) is 0 Å². The van der Waals surface area contributed by atoms with Gasteiger partial charge in [0.05, 0.1) is 7.11 Å². The van der Waals surface area contributed by atoms with Gasteiger partial charge in [0, 0.05) is 61.7 Å². The first-order chi connectivity index (χ1) is 14.6. The summed E-state index contributed by atoms with van der Waals surface area (Å²) in [5.74, 6) is 1.39. The molecule has 1 saturated carbocycles. The molecule has 2 aromatic heterocycles. The molecule has 4 N–H and O–H groups in total. The number of anilines is 1. The first-order valence-corrected chi connectivity index (χ1v) is 10.2. The van der Waals surface area contributed by atoms with E-state index in [4.69, 9.17) is 10.5 Å². The number of hydrogen-bond donors (Lipinski definition) is 3. The van der Waals surface area contributed by atoms with Gasteiger partial charge in [-0.3, -0.25) is 9.59 Å². The number of hydrogen-bond acceptors (Lipinski definition) is 6. The number of carbonyl (C=O) groups excluding carboxylic acids is 1. The van der Waals surface area contributed by atoms with E-state index in [0.717, 1.165) is 24.0 Å². The van der Waals surface area contributed by atoms with Crippen LogP contribution >= 0.6 is 0 Å². The Morgan fingerprint density at radius 3 is 2.87 bits per heavy atom. The second-order valence-corrected chi connectivity index (χ2v) is 7.87. The second-order valence-electron chi connectivity index (χ2n) is 7.87. The van der Waals surface area contributed by atoms with Crippen molar-refractivity contribution < 1.29 is 9.53 Å². The molecule has 0 spiro atoms. The van der Waals surface area contributed by atoms with E-state index < -0.39 is 0 Å². The van der Waals surface area contributed by atoms with Crippen LogP contribution in [0.2, 0.25) is 0 Å². The molecule has 0 bridgehead atoms. The van der Waals surface area contributed by atoms with Crippen molar-refractivity contribution in [2.45, 2.75) is 18.9 Å². The number of nitrogens with one attached hydrogen (secondary N) is 2. The molecule has 8 heteroatoms. The van der Waals surface area contributed by atoms with E-state index in [1.807, 2.05) is 23.1 Å². The number of nitrogens with two attached hydrogens (primary N) is 1. The predicted octanol–water partition coefficient (Wildman–Crippen LogP) is 1.61. The molecule has 0 radical (unpaired) electrons. The molecule has 2 fully saturated rings. The molecule has 3 heterocycles. The number of ether oxygens (including phenoxy) is 1. The van der Waals surface area contributed by atoms with E-state index in [2.05, 4.69) is 15.3 Å². The Balaban J connectivity index is 1.49. The maximum Gasteiger partial charge on any atom is 0.271 e. The second kappa shape index (κ2) is 8.71. The van der Waals surface area contributed by atoms with Crippen LogP contribution in [0, 0.1) is 11.8 Å². The molecule has 1 saturated heterocycles. The number of methoxy groups -OCH3 is 1. The fourth-order valence-electron chi connectivity index (χ4n) is 3.91. The van der Waals surface area contributed by atoms with Gasteiger partial charge in [-0.1, -0.05) is 6.08 Å². The Hall–Kier alpha value is -3.13. The van der Waals surface area contributed by atoms with E-state index in [0.29, 0.717) is 43.0 Å². The van der Waals surface area contributed by atoms with Crippen LogP contribution in [0.3, 0.4) is 0 Å². The molecule has 4 rings (SSSR count). The summed E-state index contributed by atoms with van der Waals surface area (Å²) < 4.78 is 5.20. The Morgan fingerprint density at radius 2 is 2.17 bits per heavy atom. The van der Waals surface area contributed by atoms with Gasteiger partial charge in [0.1, 0.15) is 5.69 Å². The lowest BCUT2D eigenvalue weighted by Gasteiger charge is -2.43. The van der Waals surface area contributed by atoms with Crippen LogP contribution in [0.25, 0.3) is 11.1 Å². The minimum Gasteiger partial charge on any atom is -0.481 e. The van der Waals surface area contributed by atoms with Crippen LogP contribution in [0.15, 0.2) is 47.5 Å². The fourth-order valence-corrected chi connectivity index (χ4v) is 3.91. The Labute approximate surface area is 175 Å². The SMILES string of the molecule is COc1cc(-c2c[nH]c(=O)c(NC(C3CC3)C3CN(C(=O)/C=C/CN)C3)c2)ccn1. The molecule has 2 aromatic rings. The summed E-state index contributed by atoms with van der Waals surface area (Å²) in [5, 5.41) is 3.49. The zero-order valence-corrected chi connectivity index (χ0v) is 17.0. The number of pyridine rings is 2. The smallest absolute Gasteiger partial charge is 0.271 e. The number of amides is 1. The van der Waals surface area contributed by atoms with E-state index >= 15 is 0 Å². The normalized spacial score (nSPS) is 17.6. The quantitative estimate of drug-likeness (QED) is 0.571. The molecule has 1 aliphatic heterocycles. The number of nitrogens with zero attached hydrogens (tertiary/aromatic N) is 2. The molecule has 158 valence electrons. The average molecular weight is 409 g/mol. The van der Waals surface area contributed by atoms with Crippen LogP contribution in [-0.4, -0.2) is 53.6 Å². The molecule has 8 nitrogen and oxygen atoms in total. The largest absolute Gasteiger partial charge is 0.481 e. The molecule has 2 aliphatic rings. The zero-order chi connectivity index (χ0) is 21.1. The fraction of sp³-hybridized carbons (Fsp3) is 0.409. The van der Waals surface area contributed by atoms with Gasteiger partial charge in [-0.25, -0.2) is 4.98 Å². The average Bonchev–Trinajstić information content (AvgIpc) is 3.57. The van der Waals surface area contributed by atoms with Gasteiger partial charge < -0.3 is 25.7 Å². The van der Waals surface area contributed by atoms with Crippen molar-refractivity contribution >= 4 is 11.6 Å². The van der Waals surface area contributed by atoms with Crippen LogP contribution in [-0.2, 0) is 4.79 Å². The van der Waals surface area contributed by atoms with Crippen LogP contribution < -0.4 is 21.3 Å². The summed E-state index contributed by atoms with van der Waals surface area (Å²) in [6.45, 7) is 1.75. The van der Waals surface area contributed by atoms with E-state index in [1.165, 1.54) is 6.08 Å². The van der Waals surface area contributed by atoms with Gasteiger partial charge in [-0.05, 0) is 36.5 Å². The van der Waals surface area contributed by atoms with Gasteiger partial charge in [-0.2, -0.15) is 0 Å². The minimum absolute atomic E-state index is 0.00211. The maximum absolute atomic E-state index is 12.5. The highest BCUT2D eigenvalue weighted by atomic mass is 16.5. The van der Waals surface area contributed by atoms with E-state index in [-0.39, 0.29) is 17.5 Å². The molecule has 1 amide bonds. The lowest BCUT2D eigenvalue weighted by molar-refractivity contribution is -0.132. The Kier molecular flexibility index (Phi) is 5.85. The first kappa shape index (κ1) is 20.2. The first-order valence-electron chi connectivity index (χ1n) is 10.2. The van der Waals surface area contributed by atoms with Crippen molar-refractivity contribution in [2.75, 3.05) is 32.1 Å². The number of likely N-dealkylation sites (tertiary alicyclic amines) is 1. The highest BCUT2D eigenvalue weighted by Gasteiger charge is 2.43. The summed E-state index contributed by atoms with van der Waals surface area (Å²) in [6.07, 6.45) is 8.88. The molecule has 0 aromatic carbocycles. The van der Waals surface area contributed by atoms with Crippen molar-refractivity contribution in [3.63, 3.8) is 0 Å². The number of aromatic nitrogens is 2. The van der Waals surface area contributed by atoms with Gasteiger partial charge in [0.2, 0.25) is 11.8 Å². The molecule has 1 unspecified atom stereocenters. The third kappa shape index (κ3) is 4.38. The predicted molar refractivity (Wildman–Crippen MR) is 115 cm³/mol. The molecule has 30 heavy (non-hydrogen) atoms. The van der Waals surface area contributed by atoms with E-state index in [1.54, 1.807) is 25.6 Å². The monoisotopic (exact) mass is 409 g/mol. The van der Waals surface area contributed by atoms with Gasteiger partial charge in [0.15, 0.2) is 0 Å². The zero-order valence-electron chi connectivity index (χ0n) is 17.0. The van der Waals surface area contributed by atoms with Gasteiger partial charge in [0.25, 0.3) is 5.56 Å². The number of H-pyrrole nitrogens is 1. The highest BCUT2D eigenvalue weighted by molar-refractivity contribution is 5.88.